The monoisotopic (exact) mass is 344 g/mol. The zero-order chi connectivity index (χ0) is 18.7. The Bertz CT molecular complexity index is 1170. The maximum atomic E-state index is 13.1. The second-order valence-electron chi connectivity index (χ2n) is 6.74. The first-order valence-electron chi connectivity index (χ1n) is 8.32. The van der Waals surface area contributed by atoms with Crippen LogP contribution >= 0.6 is 0 Å². The van der Waals surface area contributed by atoms with Gasteiger partial charge in [0.1, 0.15) is 5.75 Å². The van der Waals surface area contributed by atoms with Gasteiger partial charge in [0, 0.05) is 27.6 Å². The van der Waals surface area contributed by atoms with E-state index in [1.165, 1.54) is 6.92 Å². The van der Waals surface area contributed by atoms with Crippen molar-refractivity contribution in [2.45, 2.75) is 20.8 Å². The van der Waals surface area contributed by atoms with Crippen LogP contribution in [0.25, 0.3) is 10.8 Å². The minimum atomic E-state index is -0.433. The summed E-state index contributed by atoms with van der Waals surface area (Å²) in [5.74, 6) is -1.38. The summed E-state index contributed by atoms with van der Waals surface area (Å²) >= 11 is 0. The molecule has 0 saturated carbocycles. The predicted molar refractivity (Wildman–Crippen MR) is 98.4 cm³/mol. The summed E-state index contributed by atoms with van der Waals surface area (Å²) in [6.45, 7) is 5.07. The Kier molecular flexibility index (Phi) is 3.34. The van der Waals surface area contributed by atoms with Crippen LogP contribution in [0.4, 0.5) is 0 Å². The third-order valence-corrected chi connectivity index (χ3v) is 4.95. The normalized spacial score (nSPS) is 12.9. The number of aryl methyl sites for hydroxylation is 2. The number of rotatable bonds is 1. The molecular weight excluding hydrogens is 328 g/mol. The van der Waals surface area contributed by atoms with E-state index < -0.39 is 11.6 Å². The first-order chi connectivity index (χ1) is 12.3. The van der Waals surface area contributed by atoms with Gasteiger partial charge < -0.3 is 5.11 Å². The van der Waals surface area contributed by atoms with Crippen LogP contribution in [-0.4, -0.2) is 22.5 Å². The maximum Gasteiger partial charge on any atom is 0.198 e. The van der Waals surface area contributed by atoms with E-state index in [1.54, 1.807) is 30.3 Å². The molecule has 4 heteroatoms. The average Bonchev–Trinajstić information content (AvgIpc) is 2.58. The van der Waals surface area contributed by atoms with Crippen molar-refractivity contribution in [1.29, 1.82) is 0 Å². The largest absolute Gasteiger partial charge is 0.506 e. The van der Waals surface area contributed by atoms with Gasteiger partial charge in [0.2, 0.25) is 0 Å². The lowest BCUT2D eigenvalue weighted by Crippen LogP contribution is -2.24. The molecule has 1 N–H and O–H groups in total. The Morgan fingerprint density at radius 3 is 2.08 bits per heavy atom. The quantitative estimate of drug-likeness (QED) is 0.527. The lowest BCUT2D eigenvalue weighted by atomic mass is 9.78. The molecule has 0 atom stereocenters. The molecule has 0 aromatic heterocycles. The first kappa shape index (κ1) is 16.2. The van der Waals surface area contributed by atoms with Crippen molar-refractivity contribution in [3.63, 3.8) is 0 Å². The molecule has 3 aromatic carbocycles. The second-order valence-corrected chi connectivity index (χ2v) is 6.74. The highest BCUT2D eigenvalue weighted by Crippen LogP contribution is 2.42. The molecule has 4 nitrogen and oxygen atoms in total. The van der Waals surface area contributed by atoms with E-state index in [9.17, 15) is 19.5 Å². The fourth-order valence-corrected chi connectivity index (χ4v) is 3.94. The summed E-state index contributed by atoms with van der Waals surface area (Å²) in [6.07, 6.45) is 0. The van der Waals surface area contributed by atoms with Gasteiger partial charge in [0.05, 0.1) is 5.56 Å². The highest BCUT2D eigenvalue weighted by molar-refractivity contribution is 6.34. The molecule has 0 aliphatic heterocycles. The van der Waals surface area contributed by atoms with Gasteiger partial charge in [-0.1, -0.05) is 42.0 Å². The number of carbonyl (C=O) groups is 3. The molecule has 128 valence electrons. The lowest BCUT2D eigenvalue weighted by molar-refractivity contribution is 0.0966. The lowest BCUT2D eigenvalue weighted by Gasteiger charge is -2.23. The molecule has 3 aromatic rings. The van der Waals surface area contributed by atoms with E-state index in [2.05, 4.69) is 0 Å². The Labute approximate surface area is 150 Å². The third kappa shape index (κ3) is 1.99. The van der Waals surface area contributed by atoms with Crippen molar-refractivity contribution in [1.82, 2.24) is 0 Å². The van der Waals surface area contributed by atoms with E-state index in [4.69, 9.17) is 0 Å². The molecule has 0 spiro atoms. The zero-order valence-corrected chi connectivity index (χ0v) is 14.6. The number of fused-ring (bicyclic) bond motifs is 3. The van der Waals surface area contributed by atoms with Gasteiger partial charge in [-0.15, -0.1) is 0 Å². The Hall–Kier alpha value is -3.27. The molecule has 4 rings (SSSR count). The number of aromatic hydroxyl groups is 1. The van der Waals surface area contributed by atoms with E-state index in [0.717, 1.165) is 11.1 Å². The molecule has 1 aliphatic carbocycles. The van der Waals surface area contributed by atoms with Crippen LogP contribution in [0, 0.1) is 13.8 Å². The van der Waals surface area contributed by atoms with Gasteiger partial charge in [-0.2, -0.15) is 0 Å². The number of hydrogen-bond donors (Lipinski definition) is 1. The number of carbonyl (C=O) groups excluding carboxylic acids is 3. The highest BCUT2D eigenvalue weighted by Gasteiger charge is 2.36. The van der Waals surface area contributed by atoms with Crippen molar-refractivity contribution in [2.24, 2.45) is 0 Å². The van der Waals surface area contributed by atoms with Gasteiger partial charge in [-0.05, 0) is 31.7 Å². The molecule has 0 radical (unpaired) electrons. The van der Waals surface area contributed by atoms with Crippen molar-refractivity contribution < 1.29 is 19.5 Å². The molecule has 0 fully saturated rings. The van der Waals surface area contributed by atoms with E-state index in [0.29, 0.717) is 10.8 Å². The van der Waals surface area contributed by atoms with E-state index >= 15 is 0 Å². The van der Waals surface area contributed by atoms with Gasteiger partial charge >= 0.3 is 0 Å². The number of benzene rings is 3. The number of phenols is 1. The van der Waals surface area contributed by atoms with Crippen molar-refractivity contribution in [2.75, 3.05) is 0 Å². The summed E-state index contributed by atoms with van der Waals surface area (Å²) in [6, 6.07) is 10.1. The second kappa shape index (κ2) is 5.36. The van der Waals surface area contributed by atoms with Crippen LogP contribution in [0.5, 0.6) is 5.75 Å². The van der Waals surface area contributed by atoms with Crippen LogP contribution in [0.2, 0.25) is 0 Å². The molecular formula is C22H16O4. The van der Waals surface area contributed by atoms with Gasteiger partial charge in [0.15, 0.2) is 17.3 Å². The first-order valence-corrected chi connectivity index (χ1v) is 8.32. The third-order valence-electron chi connectivity index (χ3n) is 4.95. The van der Waals surface area contributed by atoms with Crippen molar-refractivity contribution in [3.05, 3.63) is 75.3 Å². The molecule has 1 aliphatic rings. The smallest absolute Gasteiger partial charge is 0.198 e. The topological polar surface area (TPSA) is 71.4 Å². The van der Waals surface area contributed by atoms with Gasteiger partial charge in [0.25, 0.3) is 0 Å². The fourth-order valence-electron chi connectivity index (χ4n) is 3.94. The fraction of sp³-hybridized carbons (Fsp3) is 0.136. The predicted octanol–water partition coefficient (Wildman–Crippen LogP) is 4.14. The summed E-state index contributed by atoms with van der Waals surface area (Å²) < 4.78 is 0. The number of hydrogen-bond acceptors (Lipinski definition) is 4. The molecule has 26 heavy (non-hydrogen) atoms. The van der Waals surface area contributed by atoms with Crippen molar-refractivity contribution >= 4 is 28.1 Å². The van der Waals surface area contributed by atoms with Gasteiger partial charge in [-0.3, -0.25) is 14.4 Å². The number of Topliss-reactive ketones (excluding diaryl/α,β-unsaturated/α-hetero) is 1. The zero-order valence-electron chi connectivity index (χ0n) is 14.6. The summed E-state index contributed by atoms with van der Waals surface area (Å²) in [4.78, 5) is 38.7. The highest BCUT2D eigenvalue weighted by atomic mass is 16.3. The summed E-state index contributed by atoms with van der Waals surface area (Å²) in [5, 5.41) is 11.9. The molecule has 0 heterocycles. The minimum absolute atomic E-state index is 0.0104. The Balaban J connectivity index is 2.27. The number of ketones is 3. The van der Waals surface area contributed by atoms with Crippen LogP contribution in [0.3, 0.4) is 0 Å². The van der Waals surface area contributed by atoms with Gasteiger partial charge in [-0.25, -0.2) is 0 Å². The van der Waals surface area contributed by atoms with Crippen LogP contribution in [0.1, 0.15) is 60.3 Å². The molecule has 0 amide bonds. The summed E-state index contributed by atoms with van der Waals surface area (Å²) in [7, 11) is 0. The maximum absolute atomic E-state index is 13.1. The Morgan fingerprint density at radius 2 is 1.50 bits per heavy atom. The molecule has 0 saturated heterocycles. The summed E-state index contributed by atoms with van der Waals surface area (Å²) in [5.41, 5.74) is 2.31. The Morgan fingerprint density at radius 1 is 0.923 bits per heavy atom. The average molecular weight is 344 g/mol. The molecule has 0 unspecified atom stereocenters. The van der Waals surface area contributed by atoms with E-state index in [1.807, 2.05) is 19.9 Å². The van der Waals surface area contributed by atoms with Crippen LogP contribution in [0.15, 0.2) is 36.4 Å². The SMILES string of the molecule is CC(=O)c1c2c(c(O)c3c(C)cc(C)cc13)C(=O)c1ccccc1C2=O. The standard InChI is InChI=1S/C22H16O4/c1-10-8-11(2)16-15(9-10)17(12(3)23)18-19(22(16)26)21(25)14-7-5-4-6-13(14)20(18)24/h4-9,26H,1-3H3. The van der Waals surface area contributed by atoms with E-state index in [-0.39, 0.29) is 39.4 Å². The van der Waals surface area contributed by atoms with Crippen LogP contribution < -0.4 is 0 Å². The van der Waals surface area contributed by atoms with Crippen molar-refractivity contribution in [3.8, 4) is 5.75 Å². The van der Waals surface area contributed by atoms with Crippen LogP contribution in [-0.2, 0) is 0 Å². The number of phenolic OH excluding ortho intramolecular Hbond substituents is 1. The minimum Gasteiger partial charge on any atom is -0.506 e. The molecule has 0 bridgehead atoms.